The van der Waals surface area contributed by atoms with Crippen molar-refractivity contribution in [3.05, 3.63) is 59.9 Å². The summed E-state index contributed by atoms with van der Waals surface area (Å²) in [5.41, 5.74) is 1.27. The first-order valence-corrected chi connectivity index (χ1v) is 8.96. The van der Waals surface area contributed by atoms with Crippen molar-refractivity contribution in [2.24, 2.45) is 0 Å². The van der Waals surface area contributed by atoms with E-state index in [0.717, 1.165) is 5.56 Å². The number of nitrogens with zero attached hydrogens (tertiary/aromatic N) is 1. The van der Waals surface area contributed by atoms with Crippen molar-refractivity contribution >= 4 is 21.9 Å². The number of cyclic esters (lactones) is 1. The van der Waals surface area contributed by atoms with E-state index in [9.17, 15) is 17.6 Å². The summed E-state index contributed by atoms with van der Waals surface area (Å²) >= 11 is 0. The summed E-state index contributed by atoms with van der Waals surface area (Å²) in [6.45, 7) is 1.61. The molecule has 132 valence electrons. The van der Waals surface area contributed by atoms with Gasteiger partial charge >= 0.3 is 6.09 Å². The first kappa shape index (κ1) is 17.4. The van der Waals surface area contributed by atoms with Gasteiger partial charge in [0.1, 0.15) is 18.5 Å². The quantitative estimate of drug-likeness (QED) is 0.762. The fourth-order valence-electron chi connectivity index (χ4n) is 2.40. The third-order valence-corrected chi connectivity index (χ3v) is 5.01. The van der Waals surface area contributed by atoms with E-state index in [1.54, 1.807) is 18.2 Å². The van der Waals surface area contributed by atoms with Gasteiger partial charge in [-0.05, 0) is 37.3 Å². The van der Waals surface area contributed by atoms with Crippen LogP contribution in [-0.4, -0.2) is 33.8 Å². The summed E-state index contributed by atoms with van der Waals surface area (Å²) in [5, 5.41) is 0. The Labute approximate surface area is 144 Å². The number of halogens is 1. The minimum Gasteiger partial charge on any atom is -0.441 e. The van der Waals surface area contributed by atoms with Crippen LogP contribution < -0.4 is 4.90 Å². The van der Waals surface area contributed by atoms with Gasteiger partial charge in [-0.3, -0.25) is 9.08 Å². The van der Waals surface area contributed by atoms with Crippen molar-refractivity contribution in [3.8, 4) is 0 Å². The predicted octanol–water partition coefficient (Wildman–Crippen LogP) is 2.86. The maximum Gasteiger partial charge on any atom is 0.414 e. The predicted molar refractivity (Wildman–Crippen MR) is 88.3 cm³/mol. The maximum absolute atomic E-state index is 13.3. The van der Waals surface area contributed by atoms with Gasteiger partial charge in [-0.1, -0.05) is 23.8 Å². The second kappa shape index (κ2) is 6.81. The molecule has 1 aliphatic rings. The number of amides is 1. The molecule has 1 amide bonds. The Morgan fingerprint density at radius 3 is 2.64 bits per heavy atom. The molecule has 1 heterocycles. The zero-order chi connectivity index (χ0) is 18.0. The van der Waals surface area contributed by atoms with Gasteiger partial charge in [0, 0.05) is 0 Å². The summed E-state index contributed by atoms with van der Waals surface area (Å²) in [6, 6.07) is 11.7. The van der Waals surface area contributed by atoms with Crippen LogP contribution in [0.3, 0.4) is 0 Å². The van der Waals surface area contributed by atoms with Gasteiger partial charge in [-0.2, -0.15) is 8.42 Å². The molecule has 0 unspecified atom stereocenters. The van der Waals surface area contributed by atoms with E-state index >= 15 is 0 Å². The molecular weight excluding hydrogens is 349 g/mol. The zero-order valence-electron chi connectivity index (χ0n) is 13.4. The minimum atomic E-state index is -3.94. The molecule has 6 nitrogen and oxygen atoms in total. The van der Waals surface area contributed by atoms with Gasteiger partial charge in [0.15, 0.2) is 0 Å². The molecule has 3 rings (SSSR count). The van der Waals surface area contributed by atoms with Crippen LogP contribution in [0.2, 0.25) is 0 Å². The molecule has 0 spiro atoms. The normalized spacial score (nSPS) is 17.6. The standard InChI is InChI=1S/C17H16FNO5S/c1-12-5-7-16(8-6-12)25(21,22)23-11-15-10-19(17(20)24-15)14-4-2-3-13(18)9-14/h2-9,15H,10-11H2,1H3/t15-/m1/s1. The van der Waals surface area contributed by atoms with Crippen molar-refractivity contribution in [1.82, 2.24) is 0 Å². The summed E-state index contributed by atoms with van der Waals surface area (Å²) in [4.78, 5) is 13.2. The lowest BCUT2D eigenvalue weighted by molar-refractivity contribution is 0.107. The van der Waals surface area contributed by atoms with Crippen LogP contribution in [0.15, 0.2) is 53.4 Å². The van der Waals surface area contributed by atoms with Crippen molar-refractivity contribution in [2.45, 2.75) is 17.9 Å². The van der Waals surface area contributed by atoms with Crippen molar-refractivity contribution in [2.75, 3.05) is 18.1 Å². The Morgan fingerprint density at radius 2 is 1.96 bits per heavy atom. The van der Waals surface area contributed by atoms with Crippen LogP contribution in [0, 0.1) is 12.7 Å². The van der Waals surface area contributed by atoms with E-state index in [-0.39, 0.29) is 18.0 Å². The third-order valence-electron chi connectivity index (χ3n) is 3.71. The molecule has 1 atom stereocenters. The van der Waals surface area contributed by atoms with Gasteiger partial charge in [0.25, 0.3) is 10.1 Å². The Balaban J connectivity index is 1.65. The second-order valence-corrected chi connectivity index (χ2v) is 7.26. The van der Waals surface area contributed by atoms with Gasteiger partial charge in [-0.15, -0.1) is 0 Å². The maximum atomic E-state index is 13.3. The van der Waals surface area contributed by atoms with Gasteiger partial charge < -0.3 is 4.74 Å². The molecule has 0 radical (unpaired) electrons. The average molecular weight is 365 g/mol. The first-order valence-electron chi connectivity index (χ1n) is 7.55. The molecule has 0 aliphatic carbocycles. The molecule has 0 bridgehead atoms. The van der Waals surface area contributed by atoms with Crippen LogP contribution in [0.25, 0.3) is 0 Å². The van der Waals surface area contributed by atoms with E-state index in [1.165, 1.54) is 35.2 Å². The molecule has 8 heteroatoms. The number of ether oxygens (including phenoxy) is 1. The highest BCUT2D eigenvalue weighted by Gasteiger charge is 2.34. The van der Waals surface area contributed by atoms with E-state index < -0.39 is 28.1 Å². The number of carbonyl (C=O) groups is 1. The number of hydrogen-bond donors (Lipinski definition) is 0. The summed E-state index contributed by atoms with van der Waals surface area (Å²) in [5.74, 6) is -0.480. The highest BCUT2D eigenvalue weighted by atomic mass is 32.2. The van der Waals surface area contributed by atoms with E-state index in [0.29, 0.717) is 5.69 Å². The topological polar surface area (TPSA) is 72.9 Å². The summed E-state index contributed by atoms with van der Waals surface area (Å²) in [7, 11) is -3.94. The lowest BCUT2D eigenvalue weighted by atomic mass is 10.2. The van der Waals surface area contributed by atoms with Gasteiger partial charge in [0.2, 0.25) is 0 Å². The molecule has 1 aliphatic heterocycles. The number of hydrogen-bond acceptors (Lipinski definition) is 5. The van der Waals surface area contributed by atoms with Crippen LogP contribution >= 0.6 is 0 Å². The number of benzene rings is 2. The lowest BCUT2D eigenvalue weighted by Gasteiger charge is -2.13. The largest absolute Gasteiger partial charge is 0.441 e. The summed E-state index contributed by atoms with van der Waals surface area (Å²) < 4.78 is 47.7. The van der Waals surface area contributed by atoms with Crippen LogP contribution in [0.4, 0.5) is 14.9 Å². The minimum absolute atomic E-state index is 0.0319. The first-order chi connectivity index (χ1) is 11.8. The third kappa shape index (κ3) is 3.97. The zero-order valence-corrected chi connectivity index (χ0v) is 14.2. The van der Waals surface area contributed by atoms with E-state index in [2.05, 4.69) is 0 Å². The number of aryl methyl sites for hydroxylation is 1. The molecule has 2 aromatic carbocycles. The van der Waals surface area contributed by atoms with Crippen LogP contribution in [-0.2, 0) is 19.0 Å². The molecule has 2 aromatic rings. The van der Waals surface area contributed by atoms with Crippen LogP contribution in [0.5, 0.6) is 0 Å². The van der Waals surface area contributed by atoms with Crippen LogP contribution in [0.1, 0.15) is 5.56 Å². The molecular formula is C17H16FNO5S. The summed E-state index contributed by atoms with van der Waals surface area (Å²) in [6.07, 6.45) is -1.44. The second-order valence-electron chi connectivity index (χ2n) is 5.65. The number of anilines is 1. The van der Waals surface area contributed by atoms with Crippen molar-refractivity contribution in [1.29, 1.82) is 0 Å². The molecule has 0 aromatic heterocycles. The van der Waals surface area contributed by atoms with Crippen molar-refractivity contribution in [3.63, 3.8) is 0 Å². The molecule has 0 saturated carbocycles. The van der Waals surface area contributed by atoms with Gasteiger partial charge in [-0.25, -0.2) is 9.18 Å². The SMILES string of the molecule is Cc1ccc(S(=O)(=O)OC[C@H]2CN(c3cccc(F)c3)C(=O)O2)cc1. The number of rotatable bonds is 5. The van der Waals surface area contributed by atoms with Crippen molar-refractivity contribution < 1.29 is 26.5 Å². The molecule has 1 saturated heterocycles. The monoisotopic (exact) mass is 365 g/mol. The average Bonchev–Trinajstić information content (AvgIpc) is 2.94. The fraction of sp³-hybridized carbons (Fsp3) is 0.235. The Morgan fingerprint density at radius 1 is 1.24 bits per heavy atom. The fourth-order valence-corrected chi connectivity index (χ4v) is 3.34. The Kier molecular flexibility index (Phi) is 4.73. The Hall–Kier alpha value is -2.45. The number of carbonyl (C=O) groups excluding carboxylic acids is 1. The molecule has 0 N–H and O–H groups in total. The Bertz CT molecular complexity index is 882. The smallest absolute Gasteiger partial charge is 0.414 e. The lowest BCUT2D eigenvalue weighted by Crippen LogP contribution is -2.26. The molecule has 1 fully saturated rings. The van der Waals surface area contributed by atoms with E-state index in [1.807, 2.05) is 6.92 Å². The van der Waals surface area contributed by atoms with E-state index in [4.69, 9.17) is 8.92 Å². The highest BCUT2D eigenvalue weighted by molar-refractivity contribution is 7.86. The molecule has 25 heavy (non-hydrogen) atoms. The van der Waals surface area contributed by atoms with Gasteiger partial charge in [0.05, 0.1) is 17.1 Å². The highest BCUT2D eigenvalue weighted by Crippen LogP contribution is 2.23.